The minimum atomic E-state index is 0.534. The van der Waals surface area contributed by atoms with Gasteiger partial charge in [0.05, 0.1) is 17.3 Å². The normalized spacial score (nSPS) is 19.2. The van der Waals surface area contributed by atoms with Crippen LogP contribution in [-0.2, 0) is 17.6 Å². The first-order valence-electron chi connectivity index (χ1n) is 6.48. The van der Waals surface area contributed by atoms with Crippen molar-refractivity contribution in [1.29, 1.82) is 0 Å². The smallest absolute Gasteiger partial charge is 0.0931 e. The first kappa shape index (κ1) is 11.9. The fourth-order valence-corrected chi connectivity index (χ4v) is 3.17. The molecule has 18 heavy (non-hydrogen) atoms. The van der Waals surface area contributed by atoms with E-state index < -0.39 is 0 Å². The molecule has 94 valence electrons. The van der Waals surface area contributed by atoms with Crippen LogP contribution in [0.25, 0.3) is 0 Å². The minimum absolute atomic E-state index is 0.534. The highest BCUT2D eigenvalue weighted by molar-refractivity contribution is 7.09. The van der Waals surface area contributed by atoms with Gasteiger partial charge in [-0.3, -0.25) is 0 Å². The highest BCUT2D eigenvalue weighted by Crippen LogP contribution is 2.26. The predicted molar refractivity (Wildman–Crippen MR) is 74.1 cm³/mol. The van der Waals surface area contributed by atoms with Crippen molar-refractivity contribution in [2.75, 3.05) is 13.2 Å². The first-order valence-corrected chi connectivity index (χ1v) is 7.36. The molecule has 2 aromatic rings. The zero-order valence-electron chi connectivity index (χ0n) is 10.3. The molecule has 0 saturated carbocycles. The third-order valence-electron chi connectivity index (χ3n) is 3.39. The zero-order valence-corrected chi connectivity index (χ0v) is 11.2. The summed E-state index contributed by atoms with van der Waals surface area (Å²) in [6, 6.07) is 10.6. The summed E-state index contributed by atoms with van der Waals surface area (Å²) in [5.41, 5.74) is 2.62. The van der Waals surface area contributed by atoms with Gasteiger partial charge in [0, 0.05) is 24.3 Å². The Hall–Kier alpha value is -1.19. The Morgan fingerprint density at radius 1 is 1.22 bits per heavy atom. The standard InChI is InChI=1S/C15H17NOS/c1-2-4-12(5-3-1)6-7-15-16-14(11-18-15)13-8-9-17-10-13/h1-5,11,13H,6-10H2/t13-/m0/s1. The second-order valence-electron chi connectivity index (χ2n) is 4.71. The number of ether oxygens (including phenoxy) is 1. The van der Waals surface area contributed by atoms with Crippen LogP contribution in [-0.4, -0.2) is 18.2 Å². The Morgan fingerprint density at radius 2 is 2.11 bits per heavy atom. The summed E-state index contributed by atoms with van der Waals surface area (Å²) >= 11 is 1.79. The van der Waals surface area contributed by atoms with Gasteiger partial charge in [0.15, 0.2) is 0 Å². The number of aryl methyl sites for hydroxylation is 2. The van der Waals surface area contributed by atoms with Crippen LogP contribution in [0, 0.1) is 0 Å². The van der Waals surface area contributed by atoms with Crippen molar-refractivity contribution in [1.82, 2.24) is 4.98 Å². The molecule has 0 aliphatic carbocycles. The highest BCUT2D eigenvalue weighted by atomic mass is 32.1. The number of aromatic nitrogens is 1. The topological polar surface area (TPSA) is 22.1 Å². The predicted octanol–water partition coefficient (Wildman–Crippen LogP) is 3.43. The lowest BCUT2D eigenvalue weighted by Gasteiger charge is -2.01. The lowest BCUT2D eigenvalue weighted by molar-refractivity contribution is 0.193. The molecular formula is C15H17NOS. The van der Waals surface area contributed by atoms with Crippen LogP contribution in [0.5, 0.6) is 0 Å². The fraction of sp³-hybridized carbons (Fsp3) is 0.400. The van der Waals surface area contributed by atoms with E-state index in [4.69, 9.17) is 9.72 Å². The highest BCUT2D eigenvalue weighted by Gasteiger charge is 2.20. The van der Waals surface area contributed by atoms with E-state index in [0.717, 1.165) is 32.5 Å². The summed E-state index contributed by atoms with van der Waals surface area (Å²) < 4.78 is 5.41. The molecule has 0 bridgehead atoms. The molecule has 0 radical (unpaired) electrons. The van der Waals surface area contributed by atoms with Crippen molar-refractivity contribution in [3.8, 4) is 0 Å². The second-order valence-corrected chi connectivity index (χ2v) is 5.65. The molecule has 0 unspecified atom stereocenters. The van der Waals surface area contributed by atoms with Crippen molar-refractivity contribution in [3.63, 3.8) is 0 Å². The molecule has 3 rings (SSSR count). The third-order valence-corrected chi connectivity index (χ3v) is 4.31. The van der Waals surface area contributed by atoms with Gasteiger partial charge >= 0.3 is 0 Å². The molecule has 1 fully saturated rings. The van der Waals surface area contributed by atoms with Gasteiger partial charge in [0.2, 0.25) is 0 Å². The Balaban J connectivity index is 1.60. The number of nitrogens with zero attached hydrogens (tertiary/aromatic N) is 1. The second kappa shape index (κ2) is 5.63. The van der Waals surface area contributed by atoms with Gasteiger partial charge in [0.25, 0.3) is 0 Å². The van der Waals surface area contributed by atoms with Gasteiger partial charge < -0.3 is 4.74 Å². The number of thiazole rings is 1. The fourth-order valence-electron chi connectivity index (χ4n) is 2.29. The van der Waals surface area contributed by atoms with E-state index in [0.29, 0.717) is 5.92 Å². The summed E-state index contributed by atoms with van der Waals surface area (Å²) in [4.78, 5) is 4.75. The first-order chi connectivity index (χ1) is 8.92. The molecule has 1 aromatic carbocycles. The van der Waals surface area contributed by atoms with Gasteiger partial charge in [-0.2, -0.15) is 0 Å². The van der Waals surface area contributed by atoms with Crippen molar-refractivity contribution in [3.05, 3.63) is 52.0 Å². The molecule has 1 saturated heterocycles. The quantitative estimate of drug-likeness (QED) is 0.839. The van der Waals surface area contributed by atoms with Crippen molar-refractivity contribution in [2.24, 2.45) is 0 Å². The van der Waals surface area contributed by atoms with E-state index in [1.807, 2.05) is 0 Å². The molecule has 1 aromatic heterocycles. The molecule has 0 N–H and O–H groups in total. The average molecular weight is 259 g/mol. The van der Waals surface area contributed by atoms with E-state index in [2.05, 4.69) is 35.7 Å². The molecular weight excluding hydrogens is 242 g/mol. The zero-order chi connectivity index (χ0) is 12.2. The van der Waals surface area contributed by atoms with E-state index >= 15 is 0 Å². The molecule has 1 aliphatic heterocycles. The van der Waals surface area contributed by atoms with Crippen molar-refractivity contribution in [2.45, 2.75) is 25.2 Å². The lowest BCUT2D eigenvalue weighted by Crippen LogP contribution is -1.98. The number of benzene rings is 1. The summed E-state index contributed by atoms with van der Waals surface area (Å²) in [6.45, 7) is 1.74. The molecule has 0 spiro atoms. The van der Waals surface area contributed by atoms with Gasteiger partial charge in [-0.05, 0) is 18.4 Å². The Kier molecular flexibility index (Phi) is 3.72. The Morgan fingerprint density at radius 3 is 2.89 bits per heavy atom. The van der Waals surface area contributed by atoms with Crippen LogP contribution in [0.2, 0.25) is 0 Å². The van der Waals surface area contributed by atoms with Crippen molar-refractivity contribution < 1.29 is 4.74 Å². The van der Waals surface area contributed by atoms with E-state index in [-0.39, 0.29) is 0 Å². The Bertz CT molecular complexity index is 488. The SMILES string of the molecule is c1ccc(CCc2nc([C@H]3CCOC3)cs2)cc1. The van der Waals surface area contributed by atoms with E-state index in [1.165, 1.54) is 16.3 Å². The maximum atomic E-state index is 5.41. The van der Waals surface area contributed by atoms with Crippen LogP contribution < -0.4 is 0 Å². The van der Waals surface area contributed by atoms with Crippen LogP contribution in [0.4, 0.5) is 0 Å². The van der Waals surface area contributed by atoms with Gasteiger partial charge in [-0.25, -0.2) is 4.98 Å². The van der Waals surface area contributed by atoms with Crippen LogP contribution in [0.3, 0.4) is 0 Å². The third kappa shape index (κ3) is 2.79. The summed E-state index contributed by atoms with van der Waals surface area (Å²) in [7, 11) is 0. The monoisotopic (exact) mass is 259 g/mol. The van der Waals surface area contributed by atoms with E-state index in [1.54, 1.807) is 11.3 Å². The van der Waals surface area contributed by atoms with Crippen molar-refractivity contribution >= 4 is 11.3 Å². The van der Waals surface area contributed by atoms with Gasteiger partial charge in [-0.15, -0.1) is 11.3 Å². The summed E-state index contributed by atoms with van der Waals surface area (Å²) in [6.07, 6.45) is 3.25. The van der Waals surface area contributed by atoms with Gasteiger partial charge in [0.1, 0.15) is 0 Å². The summed E-state index contributed by atoms with van der Waals surface area (Å²) in [5, 5.41) is 3.46. The number of hydrogen-bond donors (Lipinski definition) is 0. The molecule has 1 aliphatic rings. The lowest BCUT2D eigenvalue weighted by atomic mass is 10.1. The van der Waals surface area contributed by atoms with Crippen LogP contribution in [0.15, 0.2) is 35.7 Å². The maximum absolute atomic E-state index is 5.41. The van der Waals surface area contributed by atoms with Crippen LogP contribution >= 0.6 is 11.3 Å². The van der Waals surface area contributed by atoms with E-state index in [9.17, 15) is 0 Å². The average Bonchev–Trinajstić information content (AvgIpc) is 3.08. The summed E-state index contributed by atoms with van der Waals surface area (Å²) in [5.74, 6) is 0.534. The molecule has 3 heteroatoms. The molecule has 2 heterocycles. The molecule has 1 atom stereocenters. The minimum Gasteiger partial charge on any atom is -0.381 e. The number of rotatable bonds is 4. The Labute approximate surface area is 112 Å². The molecule has 2 nitrogen and oxygen atoms in total. The largest absolute Gasteiger partial charge is 0.381 e. The maximum Gasteiger partial charge on any atom is 0.0931 e. The van der Waals surface area contributed by atoms with Gasteiger partial charge in [-0.1, -0.05) is 30.3 Å². The number of hydrogen-bond acceptors (Lipinski definition) is 3. The molecule has 0 amide bonds. The van der Waals surface area contributed by atoms with Crippen LogP contribution in [0.1, 0.15) is 28.6 Å².